The minimum absolute atomic E-state index is 0.269. The van der Waals surface area contributed by atoms with E-state index in [0.717, 1.165) is 36.4 Å². The van der Waals surface area contributed by atoms with Crippen LogP contribution < -0.4 is 10.6 Å². The van der Waals surface area contributed by atoms with E-state index in [1.165, 1.54) is 0 Å². The Balaban J connectivity index is 1.84. The summed E-state index contributed by atoms with van der Waals surface area (Å²) in [5, 5.41) is 6.68. The van der Waals surface area contributed by atoms with Crippen molar-refractivity contribution < 1.29 is 4.74 Å². The molecule has 1 aliphatic heterocycles. The van der Waals surface area contributed by atoms with Crippen LogP contribution in [0.4, 0.5) is 5.69 Å². The van der Waals surface area contributed by atoms with Crippen LogP contribution in [-0.2, 0) is 4.74 Å². The van der Waals surface area contributed by atoms with Gasteiger partial charge in [0.25, 0.3) is 0 Å². The molecule has 82 valence electrons. The van der Waals surface area contributed by atoms with E-state index < -0.39 is 0 Å². The van der Waals surface area contributed by atoms with E-state index in [0.29, 0.717) is 0 Å². The molecule has 0 aromatic heterocycles. The van der Waals surface area contributed by atoms with Gasteiger partial charge in [0.05, 0.1) is 12.7 Å². The van der Waals surface area contributed by atoms with E-state index in [1.54, 1.807) is 0 Å². The second-order valence-corrected chi connectivity index (χ2v) is 4.41. The van der Waals surface area contributed by atoms with Crippen LogP contribution in [0.5, 0.6) is 0 Å². The van der Waals surface area contributed by atoms with Crippen molar-refractivity contribution in [1.82, 2.24) is 5.32 Å². The Hall–Kier alpha value is -0.580. The van der Waals surface area contributed by atoms with Crippen LogP contribution in [0, 0.1) is 0 Å². The third kappa shape index (κ3) is 3.19. The number of rotatable bonds is 3. The van der Waals surface area contributed by atoms with Gasteiger partial charge in [0.15, 0.2) is 0 Å². The van der Waals surface area contributed by atoms with Crippen LogP contribution in [-0.4, -0.2) is 32.3 Å². The lowest BCUT2D eigenvalue weighted by molar-refractivity contribution is 0.0372. The number of benzene rings is 1. The van der Waals surface area contributed by atoms with Gasteiger partial charge < -0.3 is 15.4 Å². The standard InChI is InChI=1S/C11H15BrN2O/c12-10-3-1-2-4-11(10)14-8-9-7-13-5-6-15-9/h1-4,9,13-14H,5-8H2. The molecule has 2 N–H and O–H groups in total. The average molecular weight is 271 g/mol. The summed E-state index contributed by atoms with van der Waals surface area (Å²) in [5.74, 6) is 0. The zero-order valence-corrected chi connectivity index (χ0v) is 10.1. The van der Waals surface area contributed by atoms with Crippen molar-refractivity contribution in [2.45, 2.75) is 6.10 Å². The molecule has 4 heteroatoms. The number of halogens is 1. The van der Waals surface area contributed by atoms with Crippen molar-refractivity contribution in [2.75, 3.05) is 31.6 Å². The van der Waals surface area contributed by atoms with Gasteiger partial charge in [0, 0.05) is 29.8 Å². The summed E-state index contributed by atoms with van der Waals surface area (Å²) in [4.78, 5) is 0. The fraction of sp³-hybridized carbons (Fsp3) is 0.455. The predicted octanol–water partition coefficient (Wildman–Crippen LogP) is 1.85. The fourth-order valence-electron chi connectivity index (χ4n) is 1.58. The van der Waals surface area contributed by atoms with Crippen molar-refractivity contribution in [3.05, 3.63) is 28.7 Å². The molecule has 0 amide bonds. The molecular formula is C11H15BrN2O. The summed E-state index contributed by atoms with van der Waals surface area (Å²) >= 11 is 3.50. The van der Waals surface area contributed by atoms with Gasteiger partial charge in [-0.15, -0.1) is 0 Å². The van der Waals surface area contributed by atoms with Gasteiger partial charge >= 0.3 is 0 Å². The number of hydrogen-bond acceptors (Lipinski definition) is 3. The molecule has 2 rings (SSSR count). The molecule has 0 radical (unpaired) electrons. The second kappa shape index (κ2) is 5.49. The minimum atomic E-state index is 0.269. The zero-order valence-electron chi connectivity index (χ0n) is 8.50. The number of nitrogens with one attached hydrogen (secondary N) is 2. The van der Waals surface area contributed by atoms with Crippen molar-refractivity contribution in [3.63, 3.8) is 0 Å². The second-order valence-electron chi connectivity index (χ2n) is 3.56. The van der Waals surface area contributed by atoms with Crippen molar-refractivity contribution in [2.24, 2.45) is 0 Å². The lowest BCUT2D eigenvalue weighted by Gasteiger charge is -2.24. The number of morpholine rings is 1. The summed E-state index contributed by atoms with van der Waals surface area (Å²) in [7, 11) is 0. The summed E-state index contributed by atoms with van der Waals surface area (Å²) in [6.45, 7) is 3.54. The van der Waals surface area contributed by atoms with Gasteiger partial charge in [-0.05, 0) is 28.1 Å². The summed E-state index contributed by atoms with van der Waals surface area (Å²) < 4.78 is 6.69. The average Bonchev–Trinajstić information content (AvgIpc) is 2.29. The maximum Gasteiger partial charge on any atom is 0.0872 e. The molecule has 1 unspecified atom stereocenters. The number of para-hydroxylation sites is 1. The molecule has 0 aliphatic carbocycles. The van der Waals surface area contributed by atoms with Gasteiger partial charge in [-0.25, -0.2) is 0 Å². The van der Waals surface area contributed by atoms with Crippen molar-refractivity contribution in [1.29, 1.82) is 0 Å². The quantitative estimate of drug-likeness (QED) is 0.880. The molecule has 1 aromatic carbocycles. The zero-order chi connectivity index (χ0) is 10.5. The molecule has 3 nitrogen and oxygen atoms in total. The molecule has 1 aromatic rings. The Bertz CT molecular complexity index is 313. The third-order valence-corrected chi connectivity index (χ3v) is 3.09. The molecule has 15 heavy (non-hydrogen) atoms. The van der Waals surface area contributed by atoms with E-state index in [1.807, 2.05) is 18.2 Å². The van der Waals surface area contributed by atoms with E-state index >= 15 is 0 Å². The lowest BCUT2D eigenvalue weighted by atomic mass is 10.2. The molecule has 1 saturated heterocycles. The molecule has 1 heterocycles. The summed E-state index contributed by atoms with van der Waals surface area (Å²) in [6.07, 6.45) is 0.269. The first kappa shape index (κ1) is 10.9. The monoisotopic (exact) mass is 270 g/mol. The highest BCUT2D eigenvalue weighted by atomic mass is 79.9. The number of anilines is 1. The number of ether oxygens (including phenoxy) is 1. The maximum atomic E-state index is 5.60. The molecule has 0 saturated carbocycles. The van der Waals surface area contributed by atoms with Gasteiger partial charge in [-0.2, -0.15) is 0 Å². The minimum Gasteiger partial charge on any atom is -0.381 e. The van der Waals surface area contributed by atoms with Gasteiger partial charge in [0.2, 0.25) is 0 Å². The first-order valence-electron chi connectivity index (χ1n) is 5.17. The van der Waals surface area contributed by atoms with Gasteiger partial charge in [0.1, 0.15) is 0 Å². The molecule has 1 aliphatic rings. The van der Waals surface area contributed by atoms with Crippen LogP contribution in [0.1, 0.15) is 0 Å². The SMILES string of the molecule is Brc1ccccc1NCC1CNCCO1. The highest BCUT2D eigenvalue weighted by Crippen LogP contribution is 2.21. The van der Waals surface area contributed by atoms with E-state index in [9.17, 15) is 0 Å². The molecule has 1 fully saturated rings. The van der Waals surface area contributed by atoms with Crippen molar-refractivity contribution >= 4 is 21.6 Å². The molecular weight excluding hydrogens is 256 g/mol. The normalized spacial score (nSPS) is 21.3. The van der Waals surface area contributed by atoms with E-state index in [2.05, 4.69) is 32.6 Å². The Morgan fingerprint density at radius 3 is 3.07 bits per heavy atom. The Labute approximate surface area is 98.3 Å². The fourth-order valence-corrected chi connectivity index (χ4v) is 2.00. The highest BCUT2D eigenvalue weighted by Gasteiger charge is 2.12. The van der Waals surface area contributed by atoms with E-state index in [4.69, 9.17) is 4.74 Å². The van der Waals surface area contributed by atoms with Crippen LogP contribution in [0.2, 0.25) is 0 Å². The largest absolute Gasteiger partial charge is 0.381 e. The van der Waals surface area contributed by atoms with Crippen LogP contribution >= 0.6 is 15.9 Å². The van der Waals surface area contributed by atoms with Crippen LogP contribution in [0.15, 0.2) is 28.7 Å². The van der Waals surface area contributed by atoms with Crippen LogP contribution in [0.3, 0.4) is 0 Å². The topological polar surface area (TPSA) is 33.3 Å². The van der Waals surface area contributed by atoms with Crippen LogP contribution in [0.25, 0.3) is 0 Å². The van der Waals surface area contributed by atoms with E-state index in [-0.39, 0.29) is 6.10 Å². The predicted molar refractivity (Wildman–Crippen MR) is 65.2 cm³/mol. The molecule has 1 atom stereocenters. The Kier molecular flexibility index (Phi) is 4.00. The summed E-state index contributed by atoms with van der Waals surface area (Å²) in [6, 6.07) is 8.11. The van der Waals surface area contributed by atoms with Crippen molar-refractivity contribution in [3.8, 4) is 0 Å². The highest BCUT2D eigenvalue weighted by molar-refractivity contribution is 9.10. The summed E-state index contributed by atoms with van der Waals surface area (Å²) in [5.41, 5.74) is 1.12. The first-order valence-corrected chi connectivity index (χ1v) is 5.96. The third-order valence-electron chi connectivity index (χ3n) is 2.40. The number of hydrogen-bond donors (Lipinski definition) is 2. The lowest BCUT2D eigenvalue weighted by Crippen LogP contribution is -2.42. The Morgan fingerprint density at radius 2 is 2.33 bits per heavy atom. The smallest absolute Gasteiger partial charge is 0.0872 e. The first-order chi connectivity index (χ1) is 7.36. The van der Waals surface area contributed by atoms with Gasteiger partial charge in [-0.3, -0.25) is 0 Å². The maximum absolute atomic E-state index is 5.60. The Morgan fingerprint density at radius 1 is 1.47 bits per heavy atom. The molecule has 0 spiro atoms. The molecule has 0 bridgehead atoms. The van der Waals surface area contributed by atoms with Gasteiger partial charge in [-0.1, -0.05) is 12.1 Å².